The van der Waals surface area contributed by atoms with Crippen LogP contribution in [0.25, 0.3) is 0 Å². The van der Waals surface area contributed by atoms with Gasteiger partial charge in [0.1, 0.15) is 5.82 Å². The summed E-state index contributed by atoms with van der Waals surface area (Å²) in [5.74, 6) is 1.01. The second-order valence-electron chi connectivity index (χ2n) is 9.72. The zero-order valence-electron chi connectivity index (χ0n) is 19.2. The molecule has 1 atom stereocenters. The molecule has 1 unspecified atom stereocenters. The summed E-state index contributed by atoms with van der Waals surface area (Å²) in [7, 11) is 0. The van der Waals surface area contributed by atoms with Crippen LogP contribution in [0.2, 0.25) is 0 Å². The Hall–Kier alpha value is -3.61. The van der Waals surface area contributed by atoms with Gasteiger partial charge in [0.15, 0.2) is 17.3 Å². The van der Waals surface area contributed by atoms with Gasteiger partial charge in [0.2, 0.25) is 6.79 Å². The molecule has 0 spiro atoms. The third-order valence-electron chi connectivity index (χ3n) is 6.37. The van der Waals surface area contributed by atoms with Crippen LogP contribution in [0.5, 0.6) is 11.5 Å². The summed E-state index contributed by atoms with van der Waals surface area (Å²) >= 11 is 0. The van der Waals surface area contributed by atoms with E-state index in [1.165, 1.54) is 0 Å². The minimum absolute atomic E-state index is 0.0582. The normalized spacial score (nSPS) is 21.0. The van der Waals surface area contributed by atoms with Crippen molar-refractivity contribution in [3.05, 3.63) is 70.2 Å². The van der Waals surface area contributed by atoms with Gasteiger partial charge in [-0.25, -0.2) is 4.98 Å². The van der Waals surface area contributed by atoms with Crippen LogP contribution < -0.4 is 20.1 Å². The number of hydrogen-bond acceptors (Lipinski definition) is 6. The number of aromatic nitrogens is 1. The second-order valence-corrected chi connectivity index (χ2v) is 9.72. The Bertz CT molecular complexity index is 1240. The van der Waals surface area contributed by atoms with Crippen LogP contribution in [0.3, 0.4) is 0 Å². The number of benzene rings is 1. The highest BCUT2D eigenvalue weighted by Crippen LogP contribution is 2.48. The van der Waals surface area contributed by atoms with Crippen molar-refractivity contribution in [1.82, 2.24) is 10.3 Å². The average Bonchev–Trinajstić information content (AvgIpc) is 3.19. The fraction of sp³-hybridized carbons (Fsp3) is 0.346. The van der Waals surface area contributed by atoms with Crippen molar-refractivity contribution in [2.45, 2.75) is 46.5 Å². The van der Waals surface area contributed by atoms with Crippen LogP contribution in [0.4, 0.5) is 5.82 Å². The molecule has 0 fully saturated rings. The molecule has 2 aliphatic heterocycles. The van der Waals surface area contributed by atoms with Crippen LogP contribution in [0.15, 0.2) is 59.1 Å². The molecule has 2 N–H and O–H groups in total. The van der Waals surface area contributed by atoms with Crippen molar-refractivity contribution in [2.24, 2.45) is 5.41 Å². The molecule has 1 aromatic carbocycles. The van der Waals surface area contributed by atoms with Crippen molar-refractivity contribution in [1.29, 1.82) is 0 Å². The molecule has 5 rings (SSSR count). The number of Topliss-reactive ketones (excluding diaryl/α,β-unsaturated/α-hetero) is 1. The van der Waals surface area contributed by atoms with E-state index in [0.29, 0.717) is 34.9 Å². The van der Waals surface area contributed by atoms with Gasteiger partial charge in [0.25, 0.3) is 5.91 Å². The molecule has 1 aliphatic carbocycles. The fourth-order valence-electron chi connectivity index (χ4n) is 4.95. The number of fused-ring (bicyclic) bond motifs is 1. The van der Waals surface area contributed by atoms with Crippen LogP contribution in [0, 0.1) is 12.3 Å². The lowest BCUT2D eigenvalue weighted by molar-refractivity contribution is -0.118. The van der Waals surface area contributed by atoms with Crippen molar-refractivity contribution >= 4 is 17.5 Å². The second kappa shape index (κ2) is 7.76. The lowest BCUT2D eigenvalue weighted by Gasteiger charge is -2.39. The number of carbonyl (C=O) groups is 2. The maximum Gasteiger partial charge on any atom is 0.255 e. The summed E-state index contributed by atoms with van der Waals surface area (Å²) in [6, 6.07) is 9.31. The average molecular weight is 446 g/mol. The Morgan fingerprint density at radius 1 is 1.12 bits per heavy atom. The maximum atomic E-state index is 13.6. The van der Waals surface area contributed by atoms with Gasteiger partial charge in [-0.1, -0.05) is 19.9 Å². The van der Waals surface area contributed by atoms with Gasteiger partial charge in [0, 0.05) is 41.1 Å². The number of rotatable bonds is 3. The number of ether oxygens (including phenoxy) is 2. The number of nitrogens with one attached hydrogen (secondary N) is 2. The predicted molar refractivity (Wildman–Crippen MR) is 124 cm³/mol. The Balaban J connectivity index is 1.61. The first-order chi connectivity index (χ1) is 15.7. The zero-order valence-corrected chi connectivity index (χ0v) is 19.2. The topological polar surface area (TPSA) is 89.6 Å². The molecule has 0 bridgehead atoms. The van der Waals surface area contributed by atoms with Crippen LogP contribution >= 0.6 is 0 Å². The van der Waals surface area contributed by atoms with E-state index in [1.807, 2.05) is 44.2 Å². The van der Waals surface area contributed by atoms with E-state index in [0.717, 1.165) is 28.9 Å². The van der Waals surface area contributed by atoms with Crippen molar-refractivity contribution in [3.63, 3.8) is 0 Å². The maximum absolute atomic E-state index is 13.6. The van der Waals surface area contributed by atoms with Crippen molar-refractivity contribution < 1.29 is 19.1 Å². The van der Waals surface area contributed by atoms with E-state index >= 15 is 0 Å². The largest absolute Gasteiger partial charge is 0.454 e. The van der Waals surface area contributed by atoms with Gasteiger partial charge in [0.05, 0.1) is 0 Å². The van der Waals surface area contributed by atoms with E-state index in [2.05, 4.69) is 29.5 Å². The molecule has 3 heterocycles. The Morgan fingerprint density at radius 3 is 2.70 bits per heavy atom. The Morgan fingerprint density at radius 2 is 1.91 bits per heavy atom. The first-order valence-electron chi connectivity index (χ1n) is 11.1. The minimum Gasteiger partial charge on any atom is -0.454 e. The highest BCUT2D eigenvalue weighted by molar-refractivity contribution is 6.09. The van der Waals surface area contributed by atoms with Crippen molar-refractivity contribution in [2.75, 3.05) is 12.1 Å². The van der Waals surface area contributed by atoms with Gasteiger partial charge < -0.3 is 20.1 Å². The number of amides is 1. The molecule has 1 amide bonds. The number of nitrogens with zero attached hydrogens (tertiary/aromatic N) is 1. The third kappa shape index (κ3) is 3.88. The number of anilines is 1. The molecule has 1 aromatic heterocycles. The minimum atomic E-state index is -0.510. The van der Waals surface area contributed by atoms with Gasteiger partial charge in [-0.15, -0.1) is 0 Å². The molecule has 0 saturated carbocycles. The monoisotopic (exact) mass is 445 g/mol. The first kappa shape index (κ1) is 21.2. The fourth-order valence-corrected chi connectivity index (χ4v) is 4.95. The molecule has 7 heteroatoms. The molecular weight excluding hydrogens is 418 g/mol. The van der Waals surface area contributed by atoms with E-state index in [-0.39, 0.29) is 23.9 Å². The van der Waals surface area contributed by atoms with Gasteiger partial charge in [-0.2, -0.15) is 0 Å². The molecular formula is C26H27N3O4. The van der Waals surface area contributed by atoms with Crippen LogP contribution in [-0.2, 0) is 9.59 Å². The molecule has 0 saturated heterocycles. The van der Waals surface area contributed by atoms with Gasteiger partial charge >= 0.3 is 0 Å². The summed E-state index contributed by atoms with van der Waals surface area (Å²) in [5, 5.41) is 6.31. The number of hydrogen-bond donors (Lipinski definition) is 2. The van der Waals surface area contributed by atoms with Crippen LogP contribution in [0.1, 0.15) is 50.7 Å². The summed E-state index contributed by atoms with van der Waals surface area (Å²) in [6.07, 6.45) is 2.83. The third-order valence-corrected chi connectivity index (χ3v) is 6.37. The molecule has 33 heavy (non-hydrogen) atoms. The van der Waals surface area contributed by atoms with Gasteiger partial charge in [-0.3, -0.25) is 9.59 Å². The molecule has 3 aliphatic rings. The lowest BCUT2D eigenvalue weighted by Crippen LogP contribution is -2.39. The SMILES string of the molecule is CC1=C(C(=O)Nc2cc(C)ccn2)C(c2ccc3c(c2)OCO3)C2=C(CC(C)(C)CC2=O)N1. The van der Waals surface area contributed by atoms with Crippen molar-refractivity contribution in [3.8, 4) is 11.5 Å². The predicted octanol–water partition coefficient (Wildman–Crippen LogP) is 4.36. The van der Waals surface area contributed by atoms with E-state index < -0.39 is 5.92 Å². The summed E-state index contributed by atoms with van der Waals surface area (Å²) in [5.41, 5.74) is 4.45. The molecule has 7 nitrogen and oxygen atoms in total. The van der Waals surface area contributed by atoms with E-state index in [1.54, 1.807) is 6.20 Å². The lowest BCUT2D eigenvalue weighted by atomic mass is 9.68. The number of ketones is 1. The summed E-state index contributed by atoms with van der Waals surface area (Å²) in [6.45, 7) is 8.17. The van der Waals surface area contributed by atoms with Gasteiger partial charge in [-0.05, 0) is 61.1 Å². The number of pyridine rings is 1. The zero-order chi connectivity index (χ0) is 23.3. The molecule has 170 valence electrons. The molecule has 2 aromatic rings. The molecule has 0 radical (unpaired) electrons. The van der Waals surface area contributed by atoms with Crippen LogP contribution in [-0.4, -0.2) is 23.5 Å². The number of carbonyl (C=O) groups excluding carboxylic acids is 2. The Labute approximate surface area is 192 Å². The summed E-state index contributed by atoms with van der Waals surface area (Å²) < 4.78 is 11.1. The quantitative estimate of drug-likeness (QED) is 0.730. The highest BCUT2D eigenvalue weighted by atomic mass is 16.7. The number of allylic oxidation sites excluding steroid dienone is 3. The standard InChI is InChI=1S/C26H27N3O4/c1-14-7-8-27-21(9-14)29-25(31)22-15(2)28-17-11-26(3,4)12-18(30)24(17)23(22)16-5-6-19-20(10-16)33-13-32-19/h5-10,23,28H,11-13H2,1-4H3,(H,27,29,31). The van der Waals surface area contributed by atoms with E-state index in [4.69, 9.17) is 9.47 Å². The Kier molecular flexibility index (Phi) is 5.00. The van der Waals surface area contributed by atoms with E-state index in [9.17, 15) is 9.59 Å². The smallest absolute Gasteiger partial charge is 0.255 e. The first-order valence-corrected chi connectivity index (χ1v) is 11.1. The highest BCUT2D eigenvalue weighted by Gasteiger charge is 2.43. The summed E-state index contributed by atoms with van der Waals surface area (Å²) in [4.78, 5) is 31.3. The number of dihydropyridines is 1. The number of aryl methyl sites for hydroxylation is 1.